The fourth-order valence-corrected chi connectivity index (χ4v) is 5.45. The van der Waals surface area contributed by atoms with Crippen LogP contribution in [0.25, 0.3) is 0 Å². The van der Waals surface area contributed by atoms with Crippen LogP contribution in [0.4, 0.5) is 4.39 Å². The van der Waals surface area contributed by atoms with Crippen molar-refractivity contribution in [3.8, 4) is 0 Å². The monoisotopic (exact) mass is 418 g/mol. The second-order valence-electron chi connectivity index (χ2n) is 9.56. The maximum absolute atomic E-state index is 13.1. The lowest BCUT2D eigenvalue weighted by molar-refractivity contribution is -0.131. The third kappa shape index (κ3) is 5.02. The normalized spacial score (nSPS) is 30.6. The van der Waals surface area contributed by atoms with Gasteiger partial charge in [-0.2, -0.15) is 0 Å². The van der Waals surface area contributed by atoms with Crippen LogP contribution in [0.5, 0.6) is 0 Å². The summed E-state index contributed by atoms with van der Waals surface area (Å²) in [5.41, 5.74) is 1.000. The summed E-state index contributed by atoms with van der Waals surface area (Å²) in [6.07, 6.45) is 1.51. The molecule has 2 saturated heterocycles. The van der Waals surface area contributed by atoms with Gasteiger partial charge in [0.25, 0.3) is 0 Å². The zero-order valence-electron chi connectivity index (χ0n) is 18.2. The molecule has 1 aromatic carbocycles. The Kier molecular flexibility index (Phi) is 6.72. The lowest BCUT2D eigenvalue weighted by Gasteiger charge is -2.44. The fraction of sp³-hybridized carbons (Fsp3) is 0.696. The average Bonchev–Trinajstić information content (AvgIpc) is 3.13. The Morgan fingerprint density at radius 3 is 2.40 bits per heavy atom. The molecule has 4 atom stereocenters. The molecule has 1 amide bonds. The van der Waals surface area contributed by atoms with E-state index in [0.29, 0.717) is 24.9 Å². The molecule has 3 aliphatic rings. The molecule has 6 nitrogen and oxygen atoms in total. The molecule has 3 fully saturated rings. The lowest BCUT2D eigenvalue weighted by atomic mass is 9.77. The highest BCUT2D eigenvalue weighted by atomic mass is 19.1. The minimum absolute atomic E-state index is 0.152. The maximum atomic E-state index is 13.1. The molecular weight excluding hydrogens is 383 g/mol. The smallest absolute Gasteiger partial charge is 0.236 e. The first-order valence-corrected chi connectivity index (χ1v) is 11.2. The topological polar surface area (TPSA) is 50.3 Å². The van der Waals surface area contributed by atoms with E-state index >= 15 is 0 Å². The number of halogens is 1. The first-order chi connectivity index (χ1) is 14.4. The van der Waals surface area contributed by atoms with Crippen molar-refractivity contribution in [2.24, 2.45) is 11.8 Å². The highest BCUT2D eigenvalue weighted by Gasteiger charge is 2.44. The van der Waals surface area contributed by atoms with E-state index in [1.54, 1.807) is 12.1 Å². The molecule has 0 spiro atoms. The van der Waals surface area contributed by atoms with Crippen molar-refractivity contribution in [1.82, 2.24) is 19.6 Å². The summed E-state index contributed by atoms with van der Waals surface area (Å²) in [6.45, 7) is 6.72. The van der Waals surface area contributed by atoms with Crippen LogP contribution in [-0.4, -0.2) is 103 Å². The van der Waals surface area contributed by atoms with E-state index in [1.165, 1.54) is 12.1 Å². The molecule has 7 heteroatoms. The first-order valence-electron chi connectivity index (χ1n) is 11.2. The van der Waals surface area contributed by atoms with Crippen LogP contribution in [-0.2, 0) is 11.3 Å². The Morgan fingerprint density at radius 2 is 1.73 bits per heavy atom. The van der Waals surface area contributed by atoms with Crippen LogP contribution in [0, 0.1) is 17.7 Å². The number of aliphatic hydroxyl groups excluding tert-OH is 1. The number of benzene rings is 1. The van der Waals surface area contributed by atoms with Gasteiger partial charge in [0.2, 0.25) is 5.91 Å². The van der Waals surface area contributed by atoms with Crippen LogP contribution in [0.2, 0.25) is 0 Å². The van der Waals surface area contributed by atoms with E-state index in [1.807, 2.05) is 16.8 Å². The van der Waals surface area contributed by atoms with Crippen LogP contribution in [0.3, 0.4) is 0 Å². The Hall–Kier alpha value is -1.54. The van der Waals surface area contributed by atoms with E-state index in [4.69, 9.17) is 0 Å². The molecule has 1 N–H and O–H groups in total. The number of piperazine rings is 1. The van der Waals surface area contributed by atoms with Gasteiger partial charge in [-0.25, -0.2) is 4.39 Å². The van der Waals surface area contributed by atoms with Crippen molar-refractivity contribution in [2.45, 2.75) is 31.5 Å². The molecule has 0 unspecified atom stereocenters. The van der Waals surface area contributed by atoms with Gasteiger partial charge in [0.15, 0.2) is 0 Å². The molecule has 1 aliphatic carbocycles. The average molecular weight is 419 g/mol. The third-order valence-electron chi connectivity index (χ3n) is 7.24. The van der Waals surface area contributed by atoms with Gasteiger partial charge in [-0.15, -0.1) is 0 Å². The van der Waals surface area contributed by atoms with Gasteiger partial charge in [0.05, 0.1) is 12.6 Å². The molecule has 0 aromatic heterocycles. The summed E-state index contributed by atoms with van der Waals surface area (Å²) in [4.78, 5) is 21.7. The van der Waals surface area contributed by atoms with Crippen molar-refractivity contribution in [3.05, 3.63) is 35.6 Å². The van der Waals surface area contributed by atoms with Gasteiger partial charge in [-0.3, -0.25) is 14.6 Å². The molecule has 0 radical (unpaired) electrons. The molecule has 30 heavy (non-hydrogen) atoms. The Labute approximate surface area is 179 Å². The minimum atomic E-state index is -0.286. The Morgan fingerprint density at radius 1 is 1.10 bits per heavy atom. The van der Waals surface area contributed by atoms with Gasteiger partial charge in [0, 0.05) is 51.9 Å². The number of likely N-dealkylation sites (N-methyl/N-ethyl adjacent to an activating group) is 2. The number of fused-ring (bicyclic) bond motifs is 1. The second kappa shape index (κ2) is 9.30. The SMILES string of the molecule is CN1CCN([C@@H]2C[C@@H]3CN(C(=O)CN(C)Cc4ccc(F)cc4)C[C@@H]3C[C@H]2O)CC1. The number of aliphatic hydroxyl groups is 1. The molecule has 2 heterocycles. The predicted molar refractivity (Wildman–Crippen MR) is 114 cm³/mol. The number of nitrogens with zero attached hydrogens (tertiary/aromatic N) is 4. The number of carbonyl (C=O) groups excluding carboxylic acids is 1. The Bertz CT molecular complexity index is 722. The van der Waals surface area contributed by atoms with Crippen molar-refractivity contribution < 1.29 is 14.3 Å². The van der Waals surface area contributed by atoms with E-state index in [-0.39, 0.29) is 23.9 Å². The van der Waals surface area contributed by atoms with E-state index in [9.17, 15) is 14.3 Å². The van der Waals surface area contributed by atoms with E-state index < -0.39 is 0 Å². The summed E-state index contributed by atoms with van der Waals surface area (Å²) in [7, 11) is 4.08. The number of carbonyl (C=O) groups is 1. The van der Waals surface area contributed by atoms with Crippen molar-refractivity contribution >= 4 is 5.91 Å². The van der Waals surface area contributed by atoms with Crippen LogP contribution >= 0.6 is 0 Å². The number of likely N-dealkylation sites (tertiary alicyclic amines) is 1. The quantitative estimate of drug-likeness (QED) is 0.776. The number of rotatable bonds is 5. The highest BCUT2D eigenvalue weighted by molar-refractivity contribution is 5.78. The number of hydrogen-bond acceptors (Lipinski definition) is 5. The van der Waals surface area contributed by atoms with Crippen LogP contribution < -0.4 is 0 Å². The molecular formula is C23H35FN4O2. The van der Waals surface area contributed by atoms with Crippen molar-refractivity contribution in [3.63, 3.8) is 0 Å². The van der Waals surface area contributed by atoms with Crippen LogP contribution in [0.1, 0.15) is 18.4 Å². The largest absolute Gasteiger partial charge is 0.391 e. The molecule has 1 saturated carbocycles. The summed E-state index contributed by atoms with van der Waals surface area (Å²) >= 11 is 0. The second-order valence-corrected chi connectivity index (χ2v) is 9.56. The molecule has 166 valence electrons. The van der Waals surface area contributed by atoms with E-state index in [0.717, 1.165) is 57.7 Å². The summed E-state index contributed by atoms with van der Waals surface area (Å²) in [5.74, 6) is 0.813. The zero-order valence-corrected chi connectivity index (χ0v) is 18.2. The number of amides is 1. The standard InChI is InChI=1S/C23H35FN4O2/c1-25-7-9-27(10-8-25)21-11-18-14-28(15-19(18)12-22(21)29)23(30)16-26(2)13-17-3-5-20(24)6-4-17/h3-6,18-19,21-22,29H,7-16H2,1-2H3/t18-,19+,21-,22-/m1/s1. The minimum Gasteiger partial charge on any atom is -0.391 e. The van der Waals surface area contributed by atoms with Gasteiger partial charge < -0.3 is 14.9 Å². The molecule has 2 aliphatic heterocycles. The fourth-order valence-electron chi connectivity index (χ4n) is 5.45. The summed E-state index contributed by atoms with van der Waals surface area (Å²) in [6, 6.07) is 6.67. The van der Waals surface area contributed by atoms with Crippen molar-refractivity contribution in [1.29, 1.82) is 0 Å². The third-order valence-corrected chi connectivity index (χ3v) is 7.24. The molecule has 1 aromatic rings. The lowest BCUT2D eigenvalue weighted by Crippen LogP contribution is -2.55. The van der Waals surface area contributed by atoms with Gasteiger partial charge >= 0.3 is 0 Å². The maximum Gasteiger partial charge on any atom is 0.236 e. The predicted octanol–water partition coefficient (Wildman–Crippen LogP) is 1.10. The highest BCUT2D eigenvalue weighted by Crippen LogP contribution is 2.38. The summed E-state index contributed by atoms with van der Waals surface area (Å²) < 4.78 is 13.1. The van der Waals surface area contributed by atoms with Gasteiger partial charge in [-0.05, 0) is 56.5 Å². The summed E-state index contributed by atoms with van der Waals surface area (Å²) in [5, 5.41) is 10.8. The first kappa shape index (κ1) is 21.7. The van der Waals surface area contributed by atoms with E-state index in [2.05, 4.69) is 16.8 Å². The van der Waals surface area contributed by atoms with Crippen molar-refractivity contribution in [2.75, 3.05) is 59.9 Å². The zero-order chi connectivity index (χ0) is 21.3. The molecule has 0 bridgehead atoms. The van der Waals surface area contributed by atoms with Crippen LogP contribution in [0.15, 0.2) is 24.3 Å². The number of hydrogen-bond donors (Lipinski definition) is 1. The van der Waals surface area contributed by atoms with Gasteiger partial charge in [-0.1, -0.05) is 12.1 Å². The van der Waals surface area contributed by atoms with Gasteiger partial charge in [0.1, 0.15) is 5.82 Å². The molecule has 4 rings (SSSR count). The Balaban J connectivity index is 1.29.